The molecule has 1 aromatic carbocycles. The quantitative estimate of drug-likeness (QED) is 0.737. The van der Waals surface area contributed by atoms with Gasteiger partial charge in [0.2, 0.25) is 0 Å². The average Bonchev–Trinajstić information content (AvgIpc) is 2.29. The van der Waals surface area contributed by atoms with E-state index in [1.165, 1.54) is 0 Å². The van der Waals surface area contributed by atoms with Gasteiger partial charge in [0.05, 0.1) is 10.0 Å². The summed E-state index contributed by atoms with van der Waals surface area (Å²) in [6.45, 7) is 5.94. The molecule has 1 aromatic rings. The Kier molecular flexibility index (Phi) is 6.81. The Morgan fingerprint density at radius 2 is 1.88 bits per heavy atom. The minimum Gasteiger partial charge on any atom is -0.317 e. The first-order valence-electron chi connectivity index (χ1n) is 5.60. The molecule has 0 atom stereocenters. The molecule has 0 unspecified atom stereocenters. The highest BCUT2D eigenvalue weighted by atomic mass is 35.5. The lowest BCUT2D eigenvalue weighted by atomic mass is 10.2. The molecule has 1 rings (SSSR count). The molecule has 0 aliphatic carbocycles. The summed E-state index contributed by atoms with van der Waals surface area (Å²) in [6.07, 6.45) is 1.12. The van der Waals surface area contributed by atoms with E-state index in [2.05, 4.69) is 17.6 Å². The molecule has 0 aliphatic heterocycles. The van der Waals surface area contributed by atoms with E-state index in [1.807, 2.05) is 12.1 Å². The molecule has 0 aliphatic rings. The van der Waals surface area contributed by atoms with Crippen LogP contribution in [0.1, 0.15) is 18.9 Å². The number of hydrogen-bond acceptors (Lipinski definition) is 2. The Labute approximate surface area is 107 Å². The smallest absolute Gasteiger partial charge is 0.0637 e. The van der Waals surface area contributed by atoms with Gasteiger partial charge in [-0.25, -0.2) is 0 Å². The van der Waals surface area contributed by atoms with Crippen LogP contribution in [-0.2, 0) is 6.54 Å². The van der Waals surface area contributed by atoms with Crippen molar-refractivity contribution in [3.63, 3.8) is 0 Å². The van der Waals surface area contributed by atoms with Crippen LogP contribution in [-0.4, -0.2) is 19.6 Å². The molecule has 0 amide bonds. The number of hydrogen-bond donors (Lipinski definition) is 2. The van der Waals surface area contributed by atoms with Crippen LogP contribution in [0, 0.1) is 0 Å². The van der Waals surface area contributed by atoms with E-state index in [9.17, 15) is 0 Å². The fraction of sp³-hybridized carbons (Fsp3) is 0.500. The maximum atomic E-state index is 6.07. The van der Waals surface area contributed by atoms with E-state index in [-0.39, 0.29) is 0 Å². The van der Waals surface area contributed by atoms with Crippen LogP contribution in [0.4, 0.5) is 0 Å². The standard InChI is InChI=1S/C12H18Cl2N2/c1-2-15-7-4-8-16-9-10-5-3-6-11(13)12(10)14/h3,5-6,15-16H,2,4,7-9H2,1H3. The SMILES string of the molecule is CCNCCCNCc1cccc(Cl)c1Cl. The van der Waals surface area contributed by atoms with E-state index < -0.39 is 0 Å². The summed E-state index contributed by atoms with van der Waals surface area (Å²) in [6, 6.07) is 5.72. The van der Waals surface area contributed by atoms with Gasteiger partial charge in [0.15, 0.2) is 0 Å². The van der Waals surface area contributed by atoms with Gasteiger partial charge >= 0.3 is 0 Å². The topological polar surface area (TPSA) is 24.1 Å². The highest BCUT2D eigenvalue weighted by molar-refractivity contribution is 6.42. The third-order valence-corrected chi connectivity index (χ3v) is 3.16. The zero-order chi connectivity index (χ0) is 11.8. The second-order valence-corrected chi connectivity index (χ2v) is 4.38. The fourth-order valence-electron chi connectivity index (χ4n) is 1.42. The van der Waals surface area contributed by atoms with Crippen molar-refractivity contribution < 1.29 is 0 Å². The van der Waals surface area contributed by atoms with E-state index in [1.54, 1.807) is 6.07 Å². The molecule has 0 aromatic heterocycles. The lowest BCUT2D eigenvalue weighted by Gasteiger charge is -2.07. The summed E-state index contributed by atoms with van der Waals surface area (Å²) in [5, 5.41) is 7.90. The number of halogens is 2. The van der Waals surface area contributed by atoms with Gasteiger partial charge in [-0.15, -0.1) is 0 Å². The maximum Gasteiger partial charge on any atom is 0.0637 e. The van der Waals surface area contributed by atoms with Crippen molar-refractivity contribution in [2.75, 3.05) is 19.6 Å². The van der Waals surface area contributed by atoms with Crippen molar-refractivity contribution in [1.29, 1.82) is 0 Å². The van der Waals surface area contributed by atoms with Gasteiger partial charge in [0.25, 0.3) is 0 Å². The van der Waals surface area contributed by atoms with Gasteiger partial charge in [-0.05, 0) is 37.7 Å². The van der Waals surface area contributed by atoms with Crippen LogP contribution in [0.25, 0.3) is 0 Å². The normalized spacial score (nSPS) is 10.7. The Hall–Kier alpha value is -0.280. The summed E-state index contributed by atoms with van der Waals surface area (Å²) < 4.78 is 0. The predicted molar refractivity (Wildman–Crippen MR) is 71.3 cm³/mol. The molecule has 0 radical (unpaired) electrons. The predicted octanol–water partition coefficient (Wildman–Crippen LogP) is 3.08. The van der Waals surface area contributed by atoms with Gasteiger partial charge in [-0.1, -0.05) is 42.3 Å². The Bertz CT molecular complexity index is 316. The number of nitrogens with one attached hydrogen (secondary N) is 2. The highest BCUT2D eigenvalue weighted by Crippen LogP contribution is 2.25. The van der Waals surface area contributed by atoms with E-state index in [0.29, 0.717) is 10.0 Å². The van der Waals surface area contributed by atoms with Gasteiger partial charge in [0.1, 0.15) is 0 Å². The molecule has 4 heteroatoms. The average molecular weight is 261 g/mol. The molecule has 0 heterocycles. The lowest BCUT2D eigenvalue weighted by molar-refractivity contribution is 0.606. The summed E-state index contributed by atoms with van der Waals surface area (Å²) >= 11 is 12.0. The molecule has 0 saturated heterocycles. The molecule has 90 valence electrons. The Morgan fingerprint density at radius 3 is 2.62 bits per heavy atom. The maximum absolute atomic E-state index is 6.07. The molecular weight excluding hydrogens is 243 g/mol. The van der Waals surface area contributed by atoms with E-state index in [0.717, 1.165) is 38.2 Å². The highest BCUT2D eigenvalue weighted by Gasteiger charge is 2.02. The van der Waals surface area contributed by atoms with Crippen molar-refractivity contribution >= 4 is 23.2 Å². The Morgan fingerprint density at radius 1 is 1.12 bits per heavy atom. The zero-order valence-electron chi connectivity index (χ0n) is 9.52. The van der Waals surface area contributed by atoms with Crippen molar-refractivity contribution in [3.05, 3.63) is 33.8 Å². The van der Waals surface area contributed by atoms with Crippen LogP contribution in [0.2, 0.25) is 10.0 Å². The first-order chi connectivity index (χ1) is 7.75. The lowest BCUT2D eigenvalue weighted by Crippen LogP contribution is -2.21. The zero-order valence-corrected chi connectivity index (χ0v) is 11.0. The fourth-order valence-corrected chi connectivity index (χ4v) is 1.81. The third-order valence-electron chi connectivity index (χ3n) is 2.30. The molecule has 2 nitrogen and oxygen atoms in total. The number of benzene rings is 1. The van der Waals surface area contributed by atoms with Crippen LogP contribution in [0.5, 0.6) is 0 Å². The van der Waals surface area contributed by atoms with E-state index >= 15 is 0 Å². The molecular formula is C12H18Cl2N2. The second-order valence-electron chi connectivity index (χ2n) is 3.60. The van der Waals surface area contributed by atoms with Gasteiger partial charge in [-0.2, -0.15) is 0 Å². The molecule has 0 spiro atoms. The van der Waals surface area contributed by atoms with E-state index in [4.69, 9.17) is 23.2 Å². The number of rotatable bonds is 7. The van der Waals surface area contributed by atoms with Crippen LogP contribution in [0.15, 0.2) is 18.2 Å². The summed E-state index contributed by atoms with van der Waals surface area (Å²) in [5.74, 6) is 0. The minimum atomic E-state index is 0.619. The monoisotopic (exact) mass is 260 g/mol. The van der Waals surface area contributed by atoms with Crippen molar-refractivity contribution in [1.82, 2.24) is 10.6 Å². The molecule has 0 saturated carbocycles. The van der Waals surface area contributed by atoms with Crippen LogP contribution >= 0.6 is 23.2 Å². The minimum absolute atomic E-state index is 0.619. The van der Waals surface area contributed by atoms with Gasteiger partial charge in [-0.3, -0.25) is 0 Å². The summed E-state index contributed by atoms with van der Waals surface area (Å²) in [5.41, 5.74) is 1.05. The van der Waals surface area contributed by atoms with Crippen LogP contribution in [0.3, 0.4) is 0 Å². The van der Waals surface area contributed by atoms with Crippen molar-refractivity contribution in [3.8, 4) is 0 Å². The summed E-state index contributed by atoms with van der Waals surface area (Å²) in [7, 11) is 0. The third kappa shape index (κ3) is 4.71. The first kappa shape index (κ1) is 13.8. The van der Waals surface area contributed by atoms with Crippen molar-refractivity contribution in [2.45, 2.75) is 19.9 Å². The van der Waals surface area contributed by atoms with Crippen LogP contribution < -0.4 is 10.6 Å². The first-order valence-corrected chi connectivity index (χ1v) is 6.35. The summed E-state index contributed by atoms with van der Waals surface area (Å²) in [4.78, 5) is 0. The molecule has 0 fully saturated rings. The van der Waals surface area contributed by atoms with Gasteiger partial charge < -0.3 is 10.6 Å². The van der Waals surface area contributed by atoms with Crippen molar-refractivity contribution in [2.24, 2.45) is 0 Å². The molecule has 0 bridgehead atoms. The molecule has 2 N–H and O–H groups in total. The molecule has 16 heavy (non-hydrogen) atoms. The Balaban J connectivity index is 2.24. The van der Waals surface area contributed by atoms with Gasteiger partial charge in [0, 0.05) is 6.54 Å². The largest absolute Gasteiger partial charge is 0.317 e. The second kappa shape index (κ2) is 7.91.